The number of halogens is 1. The van der Waals surface area contributed by atoms with Gasteiger partial charge < -0.3 is 14.7 Å². The second-order valence-corrected chi connectivity index (χ2v) is 5.48. The van der Waals surface area contributed by atoms with Gasteiger partial charge in [0.1, 0.15) is 5.76 Å². The molecule has 0 spiro atoms. The van der Waals surface area contributed by atoms with Crippen LogP contribution in [-0.4, -0.2) is 23.1 Å². The molecule has 0 bridgehead atoms. The molecule has 0 aliphatic heterocycles. The minimum Gasteiger partial charge on any atom is -0.361 e. The highest BCUT2D eigenvalue weighted by molar-refractivity contribution is 6.33. The lowest BCUT2D eigenvalue weighted by Gasteiger charge is -2.18. The Bertz CT molecular complexity index is 647. The summed E-state index contributed by atoms with van der Waals surface area (Å²) in [6.07, 6.45) is 0. The summed E-state index contributed by atoms with van der Waals surface area (Å²) in [6, 6.07) is 5.27. The number of aryl methyl sites for hydroxylation is 3. The Labute approximate surface area is 128 Å². The van der Waals surface area contributed by atoms with Gasteiger partial charge >= 0.3 is 6.03 Å². The smallest absolute Gasteiger partial charge is 0.321 e. The second kappa shape index (κ2) is 6.18. The number of carbonyl (C=O) groups excluding carboxylic acids is 1. The maximum absolute atomic E-state index is 12.2. The van der Waals surface area contributed by atoms with Gasteiger partial charge in [0.05, 0.1) is 22.9 Å². The SMILES string of the molecule is Cc1ccc(NC(=O)N(C)Cc2c(C)noc2C)c(Cl)c1. The van der Waals surface area contributed by atoms with Crippen molar-refractivity contribution < 1.29 is 9.32 Å². The first-order valence-electron chi connectivity index (χ1n) is 6.58. The van der Waals surface area contributed by atoms with Gasteiger partial charge in [-0.25, -0.2) is 4.79 Å². The molecule has 2 rings (SSSR count). The third-order valence-electron chi connectivity index (χ3n) is 3.29. The third kappa shape index (κ3) is 3.55. The van der Waals surface area contributed by atoms with Gasteiger partial charge in [0.2, 0.25) is 0 Å². The summed E-state index contributed by atoms with van der Waals surface area (Å²) in [5, 5.41) is 7.20. The van der Waals surface area contributed by atoms with Crippen LogP contribution in [-0.2, 0) is 6.54 Å². The first-order valence-corrected chi connectivity index (χ1v) is 6.96. The molecule has 0 fully saturated rings. The van der Waals surface area contributed by atoms with Gasteiger partial charge in [0, 0.05) is 12.6 Å². The summed E-state index contributed by atoms with van der Waals surface area (Å²) >= 11 is 6.11. The van der Waals surface area contributed by atoms with E-state index in [9.17, 15) is 4.79 Å². The quantitative estimate of drug-likeness (QED) is 0.935. The molecular weight excluding hydrogens is 290 g/mol. The summed E-state index contributed by atoms with van der Waals surface area (Å²) in [5.74, 6) is 0.723. The van der Waals surface area contributed by atoms with Gasteiger partial charge in [0.15, 0.2) is 0 Å². The van der Waals surface area contributed by atoms with Crippen molar-refractivity contribution >= 4 is 23.3 Å². The molecule has 0 saturated carbocycles. The monoisotopic (exact) mass is 307 g/mol. The zero-order valence-corrected chi connectivity index (χ0v) is 13.3. The molecule has 0 unspecified atom stereocenters. The summed E-state index contributed by atoms with van der Waals surface area (Å²) in [7, 11) is 1.71. The molecule has 0 atom stereocenters. The highest BCUT2D eigenvalue weighted by Gasteiger charge is 2.16. The largest absolute Gasteiger partial charge is 0.361 e. The van der Waals surface area contributed by atoms with Crippen LogP contribution in [0.25, 0.3) is 0 Å². The van der Waals surface area contributed by atoms with Crippen LogP contribution in [0.4, 0.5) is 10.5 Å². The van der Waals surface area contributed by atoms with E-state index >= 15 is 0 Å². The lowest BCUT2D eigenvalue weighted by molar-refractivity contribution is 0.220. The van der Waals surface area contributed by atoms with Gasteiger partial charge in [-0.3, -0.25) is 0 Å². The first-order chi connectivity index (χ1) is 9.88. The Kier molecular flexibility index (Phi) is 4.53. The number of rotatable bonds is 3. The molecule has 21 heavy (non-hydrogen) atoms. The summed E-state index contributed by atoms with van der Waals surface area (Å²) in [5.41, 5.74) is 3.35. The van der Waals surface area contributed by atoms with Crippen LogP contribution in [0.2, 0.25) is 5.02 Å². The fourth-order valence-corrected chi connectivity index (χ4v) is 2.25. The fraction of sp³-hybridized carbons (Fsp3) is 0.333. The Hall–Kier alpha value is -2.01. The number of nitrogens with zero attached hydrogens (tertiary/aromatic N) is 2. The van der Waals surface area contributed by atoms with E-state index in [0.717, 1.165) is 22.6 Å². The van der Waals surface area contributed by atoms with Crippen LogP contribution in [0.3, 0.4) is 0 Å². The molecule has 2 amide bonds. The number of benzene rings is 1. The van der Waals surface area contributed by atoms with Crippen molar-refractivity contribution in [3.05, 3.63) is 45.8 Å². The fourth-order valence-electron chi connectivity index (χ4n) is 1.97. The molecule has 1 N–H and O–H groups in total. The number of urea groups is 1. The van der Waals surface area contributed by atoms with Gasteiger partial charge in [-0.2, -0.15) is 0 Å². The summed E-state index contributed by atoms with van der Waals surface area (Å²) in [4.78, 5) is 13.8. The minimum absolute atomic E-state index is 0.235. The van der Waals surface area contributed by atoms with Crippen LogP contribution in [0.5, 0.6) is 0 Å². The number of hydrogen-bond donors (Lipinski definition) is 1. The molecule has 2 aromatic rings. The molecule has 112 valence electrons. The number of nitrogens with one attached hydrogen (secondary N) is 1. The predicted molar refractivity (Wildman–Crippen MR) is 82.7 cm³/mol. The van der Waals surface area contributed by atoms with Crippen LogP contribution in [0.15, 0.2) is 22.7 Å². The van der Waals surface area contributed by atoms with E-state index in [1.54, 1.807) is 18.0 Å². The molecule has 0 aliphatic rings. The number of anilines is 1. The van der Waals surface area contributed by atoms with Crippen molar-refractivity contribution in [1.82, 2.24) is 10.1 Å². The maximum Gasteiger partial charge on any atom is 0.321 e. The molecule has 5 nitrogen and oxygen atoms in total. The molecule has 1 aromatic carbocycles. The van der Waals surface area contributed by atoms with Gasteiger partial charge in [-0.15, -0.1) is 0 Å². The summed E-state index contributed by atoms with van der Waals surface area (Å²) in [6.45, 7) is 6.06. The Morgan fingerprint density at radius 3 is 2.67 bits per heavy atom. The van der Waals surface area contributed by atoms with Gasteiger partial charge in [-0.1, -0.05) is 22.8 Å². The average Bonchev–Trinajstić information content (AvgIpc) is 2.73. The zero-order valence-electron chi connectivity index (χ0n) is 12.5. The standard InChI is InChI=1S/C15H18ClN3O2/c1-9-5-6-14(13(16)7-9)17-15(20)19(4)8-12-10(2)18-21-11(12)3/h5-7H,8H2,1-4H3,(H,17,20). The minimum atomic E-state index is -0.235. The Morgan fingerprint density at radius 2 is 2.10 bits per heavy atom. The normalized spacial score (nSPS) is 10.5. The Balaban J connectivity index is 2.06. The highest BCUT2D eigenvalue weighted by Crippen LogP contribution is 2.23. The molecular formula is C15H18ClN3O2. The molecule has 0 aliphatic carbocycles. The lowest BCUT2D eigenvalue weighted by Crippen LogP contribution is -2.31. The van der Waals surface area contributed by atoms with Crippen molar-refractivity contribution in [2.75, 3.05) is 12.4 Å². The van der Waals surface area contributed by atoms with Crippen LogP contribution in [0.1, 0.15) is 22.6 Å². The second-order valence-electron chi connectivity index (χ2n) is 5.07. The topological polar surface area (TPSA) is 58.4 Å². The number of amides is 2. The number of carbonyl (C=O) groups is 1. The average molecular weight is 308 g/mol. The van der Waals surface area contributed by atoms with Crippen molar-refractivity contribution in [1.29, 1.82) is 0 Å². The van der Waals surface area contributed by atoms with Gasteiger partial charge in [0.25, 0.3) is 0 Å². The van der Waals surface area contributed by atoms with Crippen LogP contribution >= 0.6 is 11.6 Å². The molecule has 1 aromatic heterocycles. The van der Waals surface area contributed by atoms with Crippen molar-refractivity contribution in [3.8, 4) is 0 Å². The van der Waals surface area contributed by atoms with Crippen LogP contribution in [0, 0.1) is 20.8 Å². The van der Waals surface area contributed by atoms with Gasteiger partial charge in [-0.05, 0) is 38.5 Å². The maximum atomic E-state index is 12.2. The molecule has 0 radical (unpaired) electrons. The van der Waals surface area contributed by atoms with Crippen molar-refractivity contribution in [3.63, 3.8) is 0 Å². The lowest BCUT2D eigenvalue weighted by atomic mass is 10.2. The molecule has 0 saturated heterocycles. The van der Waals surface area contributed by atoms with Crippen molar-refractivity contribution in [2.45, 2.75) is 27.3 Å². The number of hydrogen-bond acceptors (Lipinski definition) is 3. The van der Waals surface area contributed by atoms with E-state index in [1.807, 2.05) is 32.9 Å². The Morgan fingerprint density at radius 1 is 1.38 bits per heavy atom. The molecule has 1 heterocycles. The van der Waals surface area contributed by atoms with Crippen LogP contribution < -0.4 is 5.32 Å². The van der Waals surface area contributed by atoms with E-state index in [-0.39, 0.29) is 6.03 Å². The van der Waals surface area contributed by atoms with E-state index < -0.39 is 0 Å². The highest BCUT2D eigenvalue weighted by atomic mass is 35.5. The van der Waals surface area contributed by atoms with E-state index in [1.165, 1.54) is 0 Å². The zero-order chi connectivity index (χ0) is 15.6. The van der Waals surface area contributed by atoms with Crippen molar-refractivity contribution in [2.24, 2.45) is 0 Å². The van der Waals surface area contributed by atoms with E-state index in [2.05, 4.69) is 10.5 Å². The first kappa shape index (κ1) is 15.4. The number of aromatic nitrogens is 1. The van der Waals surface area contributed by atoms with E-state index in [4.69, 9.17) is 16.1 Å². The molecule has 6 heteroatoms. The third-order valence-corrected chi connectivity index (χ3v) is 3.60. The predicted octanol–water partition coefficient (Wildman–Crippen LogP) is 3.92. The summed E-state index contributed by atoms with van der Waals surface area (Å²) < 4.78 is 5.10. The van der Waals surface area contributed by atoms with E-state index in [0.29, 0.717) is 17.3 Å².